The summed E-state index contributed by atoms with van der Waals surface area (Å²) >= 11 is 2.17. The molecule has 1 amide bonds. The zero-order valence-corrected chi connectivity index (χ0v) is 15.0. The number of hydrogen-bond acceptors (Lipinski definition) is 2. The van der Waals surface area contributed by atoms with Crippen molar-refractivity contribution >= 4 is 28.5 Å². The van der Waals surface area contributed by atoms with Crippen molar-refractivity contribution in [3.8, 4) is 5.75 Å². The van der Waals surface area contributed by atoms with Crippen LogP contribution in [0.15, 0.2) is 48.5 Å². The van der Waals surface area contributed by atoms with Gasteiger partial charge in [0.25, 0.3) is 5.91 Å². The summed E-state index contributed by atoms with van der Waals surface area (Å²) in [7, 11) is 0. The third kappa shape index (κ3) is 4.47. The first kappa shape index (κ1) is 16.8. The molecule has 2 aromatic rings. The topological polar surface area (TPSA) is 38.3 Å². The zero-order valence-electron chi connectivity index (χ0n) is 12.8. The molecule has 0 saturated heterocycles. The lowest BCUT2D eigenvalue weighted by atomic mass is 10.0. The Balaban J connectivity index is 1.85. The summed E-state index contributed by atoms with van der Waals surface area (Å²) in [5, 5.41) is 2.89. The van der Waals surface area contributed by atoms with Crippen LogP contribution in [0.4, 0.5) is 0 Å². The lowest BCUT2D eigenvalue weighted by molar-refractivity contribution is 0.0946. The van der Waals surface area contributed by atoms with Gasteiger partial charge in [0.05, 0.1) is 12.1 Å². The number of rotatable bonds is 6. The quantitative estimate of drug-likeness (QED) is 0.573. The molecule has 2 aromatic carbocycles. The maximum absolute atomic E-state index is 12.1. The lowest BCUT2D eigenvalue weighted by Crippen LogP contribution is -2.28. The predicted octanol–water partition coefficient (Wildman–Crippen LogP) is 4.22. The van der Waals surface area contributed by atoms with Crippen molar-refractivity contribution in [2.45, 2.75) is 19.8 Å². The Kier molecular flexibility index (Phi) is 6.24. The summed E-state index contributed by atoms with van der Waals surface area (Å²) in [6, 6.07) is 15.6. The van der Waals surface area contributed by atoms with E-state index in [1.807, 2.05) is 42.5 Å². The molecule has 0 radical (unpaired) electrons. The number of ether oxygens (including phenoxy) is 1. The van der Waals surface area contributed by atoms with Gasteiger partial charge in [-0.05, 0) is 52.3 Å². The molecule has 0 unspecified atom stereocenters. The summed E-state index contributed by atoms with van der Waals surface area (Å²) < 4.78 is 6.75. The maximum atomic E-state index is 12.1. The summed E-state index contributed by atoms with van der Waals surface area (Å²) in [6.07, 6.45) is 0. The van der Waals surface area contributed by atoms with E-state index in [4.69, 9.17) is 4.74 Å². The third-order valence-electron chi connectivity index (χ3n) is 3.30. The van der Waals surface area contributed by atoms with Crippen LogP contribution < -0.4 is 10.1 Å². The van der Waals surface area contributed by atoms with Crippen LogP contribution in [0.2, 0.25) is 0 Å². The second kappa shape index (κ2) is 8.17. The van der Waals surface area contributed by atoms with E-state index >= 15 is 0 Å². The monoisotopic (exact) mass is 409 g/mol. The van der Waals surface area contributed by atoms with Gasteiger partial charge in [-0.2, -0.15) is 0 Å². The van der Waals surface area contributed by atoms with E-state index in [1.165, 1.54) is 5.56 Å². The minimum Gasteiger partial charge on any atom is -0.491 e. The number of hydrogen-bond donors (Lipinski definition) is 1. The molecule has 2 rings (SSSR count). The fourth-order valence-corrected chi connectivity index (χ4v) is 2.79. The van der Waals surface area contributed by atoms with Gasteiger partial charge < -0.3 is 10.1 Å². The molecule has 3 nitrogen and oxygen atoms in total. The van der Waals surface area contributed by atoms with Gasteiger partial charge in [-0.3, -0.25) is 4.79 Å². The fraction of sp³-hybridized carbons (Fsp3) is 0.278. The van der Waals surface area contributed by atoms with Crippen LogP contribution >= 0.6 is 22.6 Å². The summed E-state index contributed by atoms with van der Waals surface area (Å²) in [5.74, 6) is 1.24. The Morgan fingerprint density at radius 1 is 1.14 bits per heavy atom. The number of amides is 1. The largest absolute Gasteiger partial charge is 0.491 e. The molecule has 0 fully saturated rings. The molecule has 0 aromatic heterocycles. The van der Waals surface area contributed by atoms with E-state index in [2.05, 4.69) is 47.8 Å². The average Bonchev–Trinajstić information content (AvgIpc) is 2.52. The highest BCUT2D eigenvalue weighted by Crippen LogP contribution is 2.25. The van der Waals surface area contributed by atoms with Gasteiger partial charge in [-0.25, -0.2) is 0 Å². The molecular weight excluding hydrogens is 389 g/mol. The van der Waals surface area contributed by atoms with E-state index in [1.54, 1.807) is 0 Å². The molecule has 1 N–H and O–H groups in total. The molecule has 22 heavy (non-hydrogen) atoms. The predicted molar refractivity (Wildman–Crippen MR) is 97.5 cm³/mol. The second-order valence-electron chi connectivity index (χ2n) is 5.28. The van der Waals surface area contributed by atoms with E-state index in [-0.39, 0.29) is 5.91 Å². The van der Waals surface area contributed by atoms with E-state index in [0.29, 0.717) is 24.6 Å². The van der Waals surface area contributed by atoms with Gasteiger partial charge in [-0.1, -0.05) is 44.2 Å². The van der Waals surface area contributed by atoms with Crippen molar-refractivity contribution < 1.29 is 9.53 Å². The molecule has 0 saturated carbocycles. The highest BCUT2D eigenvalue weighted by atomic mass is 127. The molecular formula is C18H20INO2. The van der Waals surface area contributed by atoms with Crippen molar-refractivity contribution in [2.75, 3.05) is 13.2 Å². The Bertz CT molecular complexity index is 640. The first-order chi connectivity index (χ1) is 10.6. The molecule has 0 spiro atoms. The standard InChI is InChI=1S/C18H20INO2/c1-13(2)14-7-4-6-10-17(14)22-12-11-20-18(21)15-8-3-5-9-16(15)19/h3-10,13H,11-12H2,1-2H3,(H,20,21). The minimum atomic E-state index is -0.0641. The Labute approximate surface area is 145 Å². The molecule has 0 aliphatic heterocycles. The fourth-order valence-electron chi connectivity index (χ4n) is 2.16. The lowest BCUT2D eigenvalue weighted by Gasteiger charge is -2.14. The van der Waals surface area contributed by atoms with Crippen LogP contribution in [0.5, 0.6) is 5.75 Å². The Morgan fingerprint density at radius 3 is 2.55 bits per heavy atom. The highest BCUT2D eigenvalue weighted by molar-refractivity contribution is 14.1. The smallest absolute Gasteiger partial charge is 0.252 e. The molecule has 116 valence electrons. The maximum Gasteiger partial charge on any atom is 0.252 e. The number of carbonyl (C=O) groups is 1. The average molecular weight is 409 g/mol. The zero-order chi connectivity index (χ0) is 15.9. The minimum absolute atomic E-state index is 0.0641. The number of benzene rings is 2. The van der Waals surface area contributed by atoms with Crippen molar-refractivity contribution in [3.63, 3.8) is 0 Å². The normalized spacial score (nSPS) is 10.5. The molecule has 0 heterocycles. The summed E-state index contributed by atoms with van der Waals surface area (Å²) in [4.78, 5) is 12.1. The van der Waals surface area contributed by atoms with E-state index in [9.17, 15) is 4.79 Å². The van der Waals surface area contributed by atoms with Crippen LogP contribution in [0.3, 0.4) is 0 Å². The van der Waals surface area contributed by atoms with Gasteiger partial charge in [0.15, 0.2) is 0 Å². The van der Waals surface area contributed by atoms with Gasteiger partial charge in [-0.15, -0.1) is 0 Å². The Hall–Kier alpha value is -1.56. The molecule has 0 atom stereocenters. The first-order valence-corrected chi connectivity index (χ1v) is 8.42. The van der Waals surface area contributed by atoms with Crippen molar-refractivity contribution in [1.29, 1.82) is 0 Å². The number of carbonyl (C=O) groups excluding carboxylic acids is 1. The molecule has 0 bridgehead atoms. The molecule has 0 aliphatic rings. The second-order valence-corrected chi connectivity index (χ2v) is 6.44. The van der Waals surface area contributed by atoms with Crippen LogP contribution in [0, 0.1) is 3.57 Å². The van der Waals surface area contributed by atoms with Crippen molar-refractivity contribution in [2.24, 2.45) is 0 Å². The first-order valence-electron chi connectivity index (χ1n) is 7.34. The Morgan fingerprint density at radius 2 is 1.82 bits per heavy atom. The number of halogens is 1. The number of nitrogens with one attached hydrogen (secondary N) is 1. The van der Waals surface area contributed by atoms with Crippen molar-refractivity contribution in [3.05, 3.63) is 63.2 Å². The molecule has 4 heteroatoms. The van der Waals surface area contributed by atoms with Crippen LogP contribution in [-0.4, -0.2) is 19.1 Å². The SMILES string of the molecule is CC(C)c1ccccc1OCCNC(=O)c1ccccc1I. The summed E-state index contributed by atoms with van der Waals surface area (Å²) in [5.41, 5.74) is 1.89. The van der Waals surface area contributed by atoms with Crippen LogP contribution in [-0.2, 0) is 0 Å². The summed E-state index contributed by atoms with van der Waals surface area (Å²) in [6.45, 7) is 5.22. The van der Waals surface area contributed by atoms with Crippen LogP contribution in [0.25, 0.3) is 0 Å². The molecule has 0 aliphatic carbocycles. The van der Waals surface area contributed by atoms with E-state index < -0.39 is 0 Å². The van der Waals surface area contributed by atoms with Crippen molar-refractivity contribution in [1.82, 2.24) is 5.32 Å². The number of para-hydroxylation sites is 1. The van der Waals surface area contributed by atoms with Gasteiger partial charge in [0.1, 0.15) is 12.4 Å². The van der Waals surface area contributed by atoms with Gasteiger partial charge in [0, 0.05) is 3.57 Å². The highest BCUT2D eigenvalue weighted by Gasteiger charge is 2.09. The third-order valence-corrected chi connectivity index (χ3v) is 4.25. The van der Waals surface area contributed by atoms with Gasteiger partial charge in [0.2, 0.25) is 0 Å². The van der Waals surface area contributed by atoms with E-state index in [0.717, 1.165) is 9.32 Å². The van der Waals surface area contributed by atoms with Crippen LogP contribution in [0.1, 0.15) is 35.7 Å². The van der Waals surface area contributed by atoms with Gasteiger partial charge >= 0.3 is 0 Å².